The van der Waals surface area contributed by atoms with Crippen molar-refractivity contribution in [3.8, 4) is 5.75 Å². The predicted molar refractivity (Wildman–Crippen MR) is 72.3 cm³/mol. The summed E-state index contributed by atoms with van der Waals surface area (Å²) in [6.07, 6.45) is 3.35. The van der Waals surface area contributed by atoms with Crippen molar-refractivity contribution in [1.82, 2.24) is 5.32 Å². The van der Waals surface area contributed by atoms with E-state index in [-0.39, 0.29) is 0 Å². The van der Waals surface area contributed by atoms with E-state index in [4.69, 9.17) is 4.74 Å². The summed E-state index contributed by atoms with van der Waals surface area (Å²) in [5, 5.41) is 3.52. The second-order valence-corrected chi connectivity index (χ2v) is 4.86. The first-order chi connectivity index (χ1) is 7.77. The molecule has 1 N–H and O–H groups in total. The van der Waals surface area contributed by atoms with E-state index in [1.807, 2.05) is 30.0 Å². The van der Waals surface area contributed by atoms with Gasteiger partial charge in [-0.05, 0) is 31.4 Å². The zero-order valence-corrected chi connectivity index (χ0v) is 11.1. The van der Waals surface area contributed by atoms with Gasteiger partial charge in [0.1, 0.15) is 5.75 Å². The van der Waals surface area contributed by atoms with Crippen molar-refractivity contribution in [1.29, 1.82) is 0 Å². The van der Waals surface area contributed by atoms with Crippen molar-refractivity contribution in [3.05, 3.63) is 29.8 Å². The van der Waals surface area contributed by atoms with E-state index in [2.05, 4.69) is 24.6 Å². The molecule has 0 spiro atoms. The molecule has 90 valence electrons. The van der Waals surface area contributed by atoms with Gasteiger partial charge in [0, 0.05) is 18.2 Å². The van der Waals surface area contributed by atoms with Crippen LogP contribution in [0.1, 0.15) is 18.9 Å². The molecule has 0 aliphatic rings. The number of benzene rings is 1. The molecule has 0 bridgehead atoms. The number of methoxy groups -OCH3 is 1. The van der Waals surface area contributed by atoms with Crippen LogP contribution in [0.15, 0.2) is 24.3 Å². The summed E-state index contributed by atoms with van der Waals surface area (Å²) in [6.45, 7) is 3.10. The Morgan fingerprint density at radius 3 is 2.81 bits per heavy atom. The van der Waals surface area contributed by atoms with Crippen LogP contribution in [-0.2, 0) is 6.54 Å². The molecular formula is C13H21NOS. The summed E-state index contributed by atoms with van der Waals surface area (Å²) in [5.41, 5.74) is 1.22. The van der Waals surface area contributed by atoms with Crippen LogP contribution in [0.25, 0.3) is 0 Å². The quantitative estimate of drug-likeness (QED) is 0.790. The highest BCUT2D eigenvalue weighted by Gasteiger charge is 2.04. The van der Waals surface area contributed by atoms with Gasteiger partial charge in [0.15, 0.2) is 0 Å². The molecule has 0 radical (unpaired) electrons. The topological polar surface area (TPSA) is 21.3 Å². The molecule has 0 saturated heterocycles. The van der Waals surface area contributed by atoms with Crippen molar-refractivity contribution >= 4 is 11.8 Å². The maximum atomic E-state index is 5.31. The average molecular weight is 239 g/mol. The lowest BCUT2D eigenvalue weighted by Crippen LogP contribution is -2.26. The van der Waals surface area contributed by atoms with Gasteiger partial charge in [0.2, 0.25) is 0 Å². The molecule has 0 aliphatic heterocycles. The van der Waals surface area contributed by atoms with Crippen LogP contribution in [-0.4, -0.2) is 25.2 Å². The third-order valence-corrected chi connectivity index (χ3v) is 3.23. The monoisotopic (exact) mass is 239 g/mol. The minimum atomic E-state index is 0.553. The first-order valence-corrected chi connectivity index (χ1v) is 7.01. The lowest BCUT2D eigenvalue weighted by Gasteiger charge is -2.14. The number of rotatable bonds is 7. The summed E-state index contributed by atoms with van der Waals surface area (Å²) < 4.78 is 5.31. The van der Waals surface area contributed by atoms with E-state index < -0.39 is 0 Å². The van der Waals surface area contributed by atoms with Crippen molar-refractivity contribution < 1.29 is 4.74 Å². The van der Waals surface area contributed by atoms with Gasteiger partial charge < -0.3 is 10.1 Å². The van der Waals surface area contributed by atoms with Crippen molar-refractivity contribution in [2.24, 2.45) is 0 Å². The number of nitrogens with one attached hydrogen (secondary N) is 1. The van der Waals surface area contributed by atoms with Crippen LogP contribution in [0.3, 0.4) is 0 Å². The highest BCUT2D eigenvalue weighted by atomic mass is 32.2. The smallest absolute Gasteiger partial charge is 0.123 e. The summed E-state index contributed by atoms with van der Waals surface area (Å²) in [4.78, 5) is 0. The molecule has 1 rings (SSSR count). The van der Waals surface area contributed by atoms with Crippen molar-refractivity contribution in [2.45, 2.75) is 25.9 Å². The normalized spacial score (nSPS) is 12.4. The largest absolute Gasteiger partial charge is 0.496 e. The highest BCUT2D eigenvalue weighted by Crippen LogP contribution is 2.17. The molecule has 0 heterocycles. The maximum Gasteiger partial charge on any atom is 0.123 e. The van der Waals surface area contributed by atoms with Crippen LogP contribution in [0, 0.1) is 0 Å². The number of para-hydroxylation sites is 1. The Morgan fingerprint density at radius 2 is 2.12 bits per heavy atom. The van der Waals surface area contributed by atoms with E-state index in [1.54, 1.807) is 7.11 Å². The maximum absolute atomic E-state index is 5.31. The summed E-state index contributed by atoms with van der Waals surface area (Å²) in [5.74, 6) is 2.17. The van der Waals surface area contributed by atoms with Gasteiger partial charge in [-0.25, -0.2) is 0 Å². The number of thioether (sulfide) groups is 1. The summed E-state index contributed by atoms with van der Waals surface area (Å²) in [7, 11) is 1.72. The molecule has 1 aromatic carbocycles. The Balaban J connectivity index is 2.41. The molecule has 16 heavy (non-hydrogen) atoms. The molecule has 0 aliphatic carbocycles. The SMILES string of the molecule is COc1ccccc1CNC(C)CCSC. The van der Waals surface area contributed by atoms with Gasteiger partial charge in [0.05, 0.1) is 7.11 Å². The molecule has 0 amide bonds. The minimum Gasteiger partial charge on any atom is -0.496 e. The van der Waals surface area contributed by atoms with Gasteiger partial charge in [-0.15, -0.1) is 0 Å². The minimum absolute atomic E-state index is 0.553. The molecule has 3 heteroatoms. The third-order valence-electron chi connectivity index (χ3n) is 2.59. The van der Waals surface area contributed by atoms with E-state index in [1.165, 1.54) is 17.7 Å². The lowest BCUT2D eigenvalue weighted by atomic mass is 10.2. The Bertz CT molecular complexity index is 304. The van der Waals surface area contributed by atoms with Gasteiger partial charge in [-0.3, -0.25) is 0 Å². The summed E-state index contributed by atoms with van der Waals surface area (Å²) >= 11 is 1.89. The predicted octanol–water partition coefficient (Wildman–Crippen LogP) is 2.93. The standard InChI is InChI=1S/C13H21NOS/c1-11(8-9-16-3)14-10-12-6-4-5-7-13(12)15-2/h4-7,11,14H,8-10H2,1-3H3. The molecule has 1 aromatic rings. The molecular weight excluding hydrogens is 218 g/mol. The first kappa shape index (κ1) is 13.4. The van der Waals surface area contributed by atoms with Gasteiger partial charge in [-0.2, -0.15) is 11.8 Å². The second kappa shape index (κ2) is 7.58. The van der Waals surface area contributed by atoms with Crippen LogP contribution in [0.5, 0.6) is 5.75 Å². The fraction of sp³-hybridized carbons (Fsp3) is 0.538. The Morgan fingerprint density at radius 1 is 1.38 bits per heavy atom. The fourth-order valence-corrected chi connectivity index (χ4v) is 2.12. The molecule has 0 fully saturated rings. The van der Waals surface area contributed by atoms with E-state index >= 15 is 0 Å². The molecule has 0 saturated carbocycles. The van der Waals surface area contributed by atoms with E-state index in [0.717, 1.165) is 12.3 Å². The lowest BCUT2D eigenvalue weighted by molar-refractivity contribution is 0.405. The molecule has 1 unspecified atom stereocenters. The fourth-order valence-electron chi connectivity index (χ4n) is 1.53. The average Bonchev–Trinajstić information content (AvgIpc) is 2.34. The van der Waals surface area contributed by atoms with Crippen LogP contribution >= 0.6 is 11.8 Å². The van der Waals surface area contributed by atoms with Crippen molar-refractivity contribution in [3.63, 3.8) is 0 Å². The van der Waals surface area contributed by atoms with Crippen LogP contribution in [0.4, 0.5) is 0 Å². The Labute approximate surface area is 103 Å². The first-order valence-electron chi connectivity index (χ1n) is 5.62. The second-order valence-electron chi connectivity index (χ2n) is 3.88. The number of ether oxygens (including phenoxy) is 1. The van der Waals surface area contributed by atoms with Gasteiger partial charge in [-0.1, -0.05) is 18.2 Å². The van der Waals surface area contributed by atoms with Crippen LogP contribution < -0.4 is 10.1 Å². The van der Waals surface area contributed by atoms with Gasteiger partial charge in [0.25, 0.3) is 0 Å². The molecule has 1 atom stereocenters. The molecule has 2 nitrogen and oxygen atoms in total. The zero-order valence-electron chi connectivity index (χ0n) is 10.3. The molecule has 0 aromatic heterocycles. The number of hydrogen-bond donors (Lipinski definition) is 1. The van der Waals surface area contributed by atoms with Crippen molar-refractivity contribution in [2.75, 3.05) is 19.1 Å². The van der Waals surface area contributed by atoms with E-state index in [0.29, 0.717) is 6.04 Å². The van der Waals surface area contributed by atoms with Gasteiger partial charge >= 0.3 is 0 Å². The summed E-state index contributed by atoms with van der Waals surface area (Å²) in [6, 6.07) is 8.71. The third kappa shape index (κ3) is 4.45. The zero-order chi connectivity index (χ0) is 11.8. The van der Waals surface area contributed by atoms with Crippen LogP contribution in [0.2, 0.25) is 0 Å². The Kier molecular flexibility index (Phi) is 6.34. The van der Waals surface area contributed by atoms with E-state index in [9.17, 15) is 0 Å². The highest BCUT2D eigenvalue weighted by molar-refractivity contribution is 7.98. The Hall–Kier alpha value is -0.670. The number of hydrogen-bond acceptors (Lipinski definition) is 3.